The van der Waals surface area contributed by atoms with E-state index in [-0.39, 0.29) is 4.57 Å². The van der Waals surface area contributed by atoms with Crippen LogP contribution in [0.1, 0.15) is 6.23 Å². The number of nitrogens with zero attached hydrogens (tertiary/aromatic N) is 1. The fourth-order valence-electron chi connectivity index (χ4n) is 3.20. The van der Waals surface area contributed by atoms with Crippen molar-refractivity contribution in [3.8, 4) is 0 Å². The molecule has 0 bridgehead atoms. The summed E-state index contributed by atoms with van der Waals surface area (Å²) in [5.74, 6) is -4.46. The highest BCUT2D eigenvalue weighted by Crippen LogP contribution is 2.75. The molecule has 0 radical (unpaired) electrons. The molecule has 2 aliphatic rings. The summed E-state index contributed by atoms with van der Waals surface area (Å²) in [6.07, 6.45) is -3.88. The molecule has 1 saturated carbocycles. The first kappa shape index (κ1) is 25.2. The Morgan fingerprint density at radius 3 is 2.22 bits per heavy atom. The fraction of sp³-hybridized carbons (Fsp3) is 0.455. The first-order valence-electron chi connectivity index (χ1n) is 7.87. The number of hydrogen-bond acceptors (Lipinski definition) is 10. The van der Waals surface area contributed by atoms with Crippen molar-refractivity contribution < 1.29 is 65.0 Å². The SMILES string of the molecule is C=C[C@]12O[C@@H](n3ccc(=O)[nH]c3=O)C(F)(F)C1(O)C2OP(=O)(O)OP(=O)(O)OP(=O)(O)O. The van der Waals surface area contributed by atoms with E-state index in [9.17, 15) is 33.3 Å². The largest absolute Gasteiger partial charge is 0.490 e. The molecular weight excluding hydrogens is 515 g/mol. The van der Waals surface area contributed by atoms with Gasteiger partial charge in [0.1, 0.15) is 6.10 Å². The molecule has 2 heterocycles. The standard InChI is InChI=1S/C11H13F2N2O14P3/c1-2-9-6(27-31(22,23)29-32(24,25)28-30(19,20)21)10(9,18)11(12,13)7(26-9)15-4-3-5(16)14-8(15)17/h2-4,6-7,18H,1H2,(H,22,23)(H,24,25)(H,14,16,17)(H2,19,20,21)/t6?,7-,9-,10?/m1/s1. The summed E-state index contributed by atoms with van der Waals surface area (Å²) in [4.78, 5) is 60.3. The first-order chi connectivity index (χ1) is 14.3. The molecule has 1 aliphatic carbocycles. The first-order valence-corrected chi connectivity index (χ1v) is 12.4. The third kappa shape index (κ3) is 3.92. The van der Waals surface area contributed by atoms with Crippen LogP contribution in [0, 0.1) is 0 Å². The summed E-state index contributed by atoms with van der Waals surface area (Å²) in [7, 11) is -17.6. The Labute approximate surface area is 174 Å². The molecule has 21 heteroatoms. The van der Waals surface area contributed by atoms with Crippen molar-refractivity contribution in [2.24, 2.45) is 0 Å². The molecule has 1 saturated heterocycles. The normalized spacial score (nSPS) is 34.8. The maximum Gasteiger partial charge on any atom is 0.490 e. The van der Waals surface area contributed by atoms with Gasteiger partial charge >= 0.3 is 35.1 Å². The minimum absolute atomic E-state index is 0.207. The van der Waals surface area contributed by atoms with Crippen molar-refractivity contribution in [3.05, 3.63) is 45.8 Å². The van der Waals surface area contributed by atoms with Gasteiger partial charge in [0.2, 0.25) is 6.23 Å². The molecule has 1 aliphatic heterocycles. The van der Waals surface area contributed by atoms with E-state index >= 15 is 8.78 Å². The highest BCUT2D eigenvalue weighted by Gasteiger charge is 2.96. The van der Waals surface area contributed by atoms with Crippen LogP contribution in [0.4, 0.5) is 8.78 Å². The number of aromatic amines is 1. The van der Waals surface area contributed by atoms with Crippen molar-refractivity contribution in [3.63, 3.8) is 0 Å². The molecule has 1 aromatic heterocycles. The number of ether oxygens (including phenoxy) is 1. The Morgan fingerprint density at radius 1 is 1.16 bits per heavy atom. The number of aliphatic hydroxyl groups is 1. The number of phosphoric acid groups is 3. The van der Waals surface area contributed by atoms with Crippen LogP contribution in [0.2, 0.25) is 0 Å². The average Bonchev–Trinajstić information content (AvgIpc) is 3.00. The lowest BCUT2D eigenvalue weighted by atomic mass is 10.1. The van der Waals surface area contributed by atoms with Gasteiger partial charge in [-0.1, -0.05) is 6.08 Å². The number of phosphoric ester groups is 1. The molecule has 6 atom stereocenters. The van der Waals surface area contributed by atoms with Crippen molar-refractivity contribution >= 4 is 23.5 Å². The van der Waals surface area contributed by atoms with Gasteiger partial charge in [-0.25, -0.2) is 18.5 Å². The Balaban J connectivity index is 1.90. The summed E-state index contributed by atoms with van der Waals surface area (Å²) >= 11 is 0. The van der Waals surface area contributed by atoms with Gasteiger partial charge in [-0.3, -0.25) is 18.9 Å². The van der Waals surface area contributed by atoms with Gasteiger partial charge in [0.05, 0.1) is 0 Å². The fourth-order valence-corrected chi connectivity index (χ4v) is 6.43. The van der Waals surface area contributed by atoms with E-state index in [1.54, 1.807) is 4.98 Å². The lowest BCUT2D eigenvalue weighted by Crippen LogP contribution is -2.47. The Kier molecular flexibility index (Phi) is 5.76. The van der Waals surface area contributed by atoms with Crippen molar-refractivity contribution in [2.75, 3.05) is 0 Å². The number of nitrogens with one attached hydrogen (secondary N) is 1. The lowest BCUT2D eigenvalue weighted by molar-refractivity contribution is -0.198. The maximum absolute atomic E-state index is 15.0. The smallest absolute Gasteiger partial charge is 0.378 e. The van der Waals surface area contributed by atoms with Crippen LogP contribution in [-0.2, 0) is 31.6 Å². The van der Waals surface area contributed by atoms with Gasteiger partial charge in [0.15, 0.2) is 11.2 Å². The predicted octanol–water partition coefficient (Wildman–Crippen LogP) is -0.918. The molecule has 32 heavy (non-hydrogen) atoms. The molecule has 180 valence electrons. The zero-order valence-electron chi connectivity index (χ0n) is 15.0. The summed E-state index contributed by atoms with van der Waals surface area (Å²) in [6, 6.07) is 0.693. The number of aromatic nitrogens is 2. The van der Waals surface area contributed by atoms with Crippen LogP contribution in [0.15, 0.2) is 34.5 Å². The number of halogens is 2. The summed E-state index contributed by atoms with van der Waals surface area (Å²) in [6.45, 7) is 3.15. The maximum atomic E-state index is 15.0. The number of rotatable bonds is 8. The van der Waals surface area contributed by atoms with Crippen molar-refractivity contribution in [1.82, 2.24) is 9.55 Å². The molecule has 16 nitrogen and oxygen atoms in total. The van der Waals surface area contributed by atoms with E-state index in [1.165, 1.54) is 0 Å². The number of H-pyrrole nitrogens is 1. The summed E-state index contributed by atoms with van der Waals surface area (Å²) in [5, 5.41) is 10.5. The van der Waals surface area contributed by atoms with E-state index in [0.717, 1.165) is 0 Å². The third-order valence-electron chi connectivity index (χ3n) is 4.47. The highest BCUT2D eigenvalue weighted by molar-refractivity contribution is 7.66. The second-order valence-corrected chi connectivity index (χ2v) is 10.8. The van der Waals surface area contributed by atoms with Crippen LogP contribution in [-0.4, -0.2) is 57.5 Å². The average molecular weight is 528 g/mol. The zero-order valence-corrected chi connectivity index (χ0v) is 17.7. The molecule has 2 fully saturated rings. The van der Waals surface area contributed by atoms with Crippen LogP contribution < -0.4 is 11.2 Å². The molecular formula is C11H13F2N2O14P3. The van der Waals surface area contributed by atoms with Crippen LogP contribution in [0.3, 0.4) is 0 Å². The summed E-state index contributed by atoms with van der Waals surface area (Å²) < 4.78 is 80.4. The number of hydrogen-bond donors (Lipinski definition) is 6. The van der Waals surface area contributed by atoms with E-state index in [4.69, 9.17) is 19.4 Å². The molecule has 3 rings (SSSR count). The monoisotopic (exact) mass is 528 g/mol. The lowest BCUT2D eigenvalue weighted by Gasteiger charge is -2.27. The van der Waals surface area contributed by atoms with Crippen LogP contribution >= 0.6 is 23.5 Å². The van der Waals surface area contributed by atoms with Gasteiger partial charge in [-0.05, 0) is 0 Å². The quantitative estimate of drug-likeness (QED) is 0.177. The van der Waals surface area contributed by atoms with E-state index in [0.29, 0.717) is 18.3 Å². The van der Waals surface area contributed by atoms with Crippen LogP contribution in [0.25, 0.3) is 0 Å². The minimum Gasteiger partial charge on any atom is -0.378 e. The van der Waals surface area contributed by atoms with Gasteiger partial charge in [-0.15, -0.1) is 6.58 Å². The molecule has 6 N–H and O–H groups in total. The van der Waals surface area contributed by atoms with Crippen molar-refractivity contribution in [2.45, 2.75) is 29.5 Å². The molecule has 1 aromatic rings. The molecule has 0 spiro atoms. The van der Waals surface area contributed by atoms with E-state index in [1.807, 2.05) is 0 Å². The topological polar surface area (TPSA) is 244 Å². The Bertz CT molecular complexity index is 1220. The third-order valence-corrected chi connectivity index (χ3v) is 8.27. The second kappa shape index (κ2) is 7.30. The minimum atomic E-state index is -5.97. The van der Waals surface area contributed by atoms with Gasteiger partial charge in [0, 0.05) is 12.3 Å². The zero-order chi connectivity index (χ0) is 24.5. The Morgan fingerprint density at radius 2 is 1.75 bits per heavy atom. The van der Waals surface area contributed by atoms with Crippen molar-refractivity contribution in [1.29, 1.82) is 0 Å². The molecule has 4 unspecified atom stereocenters. The highest BCUT2D eigenvalue weighted by atomic mass is 31.3. The Hall–Kier alpha value is -1.39. The number of alkyl halides is 2. The van der Waals surface area contributed by atoms with Gasteiger partial charge in [0.25, 0.3) is 5.56 Å². The molecule has 0 aromatic carbocycles. The van der Waals surface area contributed by atoms with E-state index in [2.05, 4.69) is 19.7 Å². The number of fused-ring (bicyclic) bond motifs is 1. The molecule has 0 amide bonds. The van der Waals surface area contributed by atoms with Gasteiger partial charge in [-0.2, -0.15) is 17.4 Å². The second-order valence-electron chi connectivity index (χ2n) is 6.45. The van der Waals surface area contributed by atoms with Crippen LogP contribution in [0.5, 0.6) is 0 Å². The predicted molar refractivity (Wildman–Crippen MR) is 93.0 cm³/mol. The van der Waals surface area contributed by atoms with E-state index < -0.39 is 64.2 Å². The van der Waals surface area contributed by atoms with Gasteiger partial charge < -0.3 is 29.4 Å². The summed E-state index contributed by atoms with van der Waals surface area (Å²) in [5.41, 5.74) is -8.42.